The molecule has 0 spiro atoms. The summed E-state index contributed by atoms with van der Waals surface area (Å²) in [7, 11) is -3.47. The lowest BCUT2D eigenvalue weighted by Crippen LogP contribution is -2.39. The van der Waals surface area contributed by atoms with Crippen LogP contribution in [0, 0.1) is 0 Å². The van der Waals surface area contributed by atoms with Crippen molar-refractivity contribution >= 4 is 38.6 Å². The van der Waals surface area contributed by atoms with Gasteiger partial charge in [-0.1, -0.05) is 19.1 Å². The van der Waals surface area contributed by atoms with Crippen LogP contribution in [0.3, 0.4) is 0 Å². The molecule has 1 aromatic rings. The summed E-state index contributed by atoms with van der Waals surface area (Å²) in [4.78, 5) is 1.02. The second-order valence-electron chi connectivity index (χ2n) is 3.63. The molecule has 1 atom stereocenters. The highest BCUT2D eigenvalue weighted by atomic mass is 32.2. The summed E-state index contributed by atoms with van der Waals surface area (Å²) in [6, 6.07) is 2.01. The number of thiophene rings is 1. The van der Waals surface area contributed by atoms with Gasteiger partial charge in [-0.25, -0.2) is 13.1 Å². The number of sulfonamides is 1. The topological polar surface area (TPSA) is 72.2 Å². The first-order valence-electron chi connectivity index (χ1n) is 5.21. The van der Waals surface area contributed by atoms with Crippen molar-refractivity contribution in [1.29, 1.82) is 0 Å². The Morgan fingerprint density at radius 2 is 2.29 bits per heavy atom. The molecule has 17 heavy (non-hydrogen) atoms. The van der Waals surface area contributed by atoms with Gasteiger partial charge in [-0.05, 0) is 30.4 Å². The number of aryl methyl sites for hydroxylation is 1. The Balaban J connectivity index is 2.71. The Hall–Kier alpha value is -0.500. The lowest BCUT2D eigenvalue weighted by molar-refractivity contribution is 0.578. The Bertz CT molecular complexity index is 493. The normalized spacial score (nSPS) is 13.5. The van der Waals surface area contributed by atoms with E-state index in [0.29, 0.717) is 6.54 Å². The maximum absolute atomic E-state index is 11.8. The maximum Gasteiger partial charge on any atom is 0.221 e. The molecular weight excluding hydrogens is 276 g/mol. The zero-order valence-electron chi connectivity index (χ0n) is 9.76. The molecule has 0 bridgehead atoms. The Morgan fingerprint density at radius 3 is 2.82 bits per heavy atom. The van der Waals surface area contributed by atoms with Crippen molar-refractivity contribution in [2.45, 2.75) is 32.1 Å². The van der Waals surface area contributed by atoms with Crippen molar-refractivity contribution in [3.05, 3.63) is 21.9 Å². The SMILES string of the molecule is CCc1ccsc1CNS(=O)(=O)C(C)C(N)=S. The Kier molecular flexibility index (Phi) is 5.05. The first-order chi connectivity index (χ1) is 7.88. The minimum absolute atomic E-state index is 0.0144. The highest BCUT2D eigenvalue weighted by Gasteiger charge is 2.23. The fourth-order valence-corrected chi connectivity index (χ4v) is 3.57. The minimum atomic E-state index is -3.47. The van der Waals surface area contributed by atoms with Gasteiger partial charge < -0.3 is 5.73 Å². The van der Waals surface area contributed by atoms with Gasteiger partial charge in [-0.2, -0.15) is 0 Å². The summed E-state index contributed by atoms with van der Waals surface area (Å²) in [6.07, 6.45) is 0.894. The molecule has 7 heteroatoms. The quantitative estimate of drug-likeness (QED) is 0.778. The first-order valence-corrected chi connectivity index (χ1v) is 8.05. The van der Waals surface area contributed by atoms with Crippen molar-refractivity contribution in [3.63, 3.8) is 0 Å². The van der Waals surface area contributed by atoms with Gasteiger partial charge in [0.05, 0.1) is 4.99 Å². The highest BCUT2D eigenvalue weighted by Crippen LogP contribution is 2.17. The molecule has 1 aromatic heterocycles. The number of hydrogen-bond donors (Lipinski definition) is 2. The van der Waals surface area contributed by atoms with Crippen LogP contribution in [0.15, 0.2) is 11.4 Å². The van der Waals surface area contributed by atoms with Crippen LogP contribution >= 0.6 is 23.6 Å². The molecule has 96 valence electrons. The molecule has 0 aliphatic heterocycles. The van der Waals surface area contributed by atoms with Gasteiger partial charge in [0.2, 0.25) is 10.0 Å². The van der Waals surface area contributed by atoms with E-state index in [4.69, 9.17) is 18.0 Å². The van der Waals surface area contributed by atoms with Crippen molar-refractivity contribution in [2.75, 3.05) is 0 Å². The number of hydrogen-bond acceptors (Lipinski definition) is 4. The van der Waals surface area contributed by atoms with Crippen molar-refractivity contribution in [2.24, 2.45) is 5.73 Å². The largest absolute Gasteiger partial charge is 0.392 e. The van der Waals surface area contributed by atoms with E-state index in [2.05, 4.69) is 4.72 Å². The van der Waals surface area contributed by atoms with Gasteiger partial charge >= 0.3 is 0 Å². The molecule has 0 radical (unpaired) electrons. The van der Waals surface area contributed by atoms with Crippen LogP contribution in [0.1, 0.15) is 24.3 Å². The molecule has 3 N–H and O–H groups in total. The summed E-state index contributed by atoms with van der Waals surface area (Å²) in [6.45, 7) is 3.83. The summed E-state index contributed by atoms with van der Waals surface area (Å²) in [5.41, 5.74) is 6.51. The molecule has 0 aromatic carbocycles. The van der Waals surface area contributed by atoms with Gasteiger partial charge in [0.1, 0.15) is 5.25 Å². The van der Waals surface area contributed by atoms with E-state index >= 15 is 0 Å². The van der Waals surface area contributed by atoms with E-state index in [1.54, 1.807) is 11.3 Å². The molecule has 0 saturated carbocycles. The van der Waals surface area contributed by atoms with Crippen LogP contribution in [-0.4, -0.2) is 18.7 Å². The Morgan fingerprint density at radius 1 is 1.65 bits per heavy atom. The van der Waals surface area contributed by atoms with Crippen molar-refractivity contribution in [3.8, 4) is 0 Å². The first kappa shape index (κ1) is 14.6. The van der Waals surface area contributed by atoms with Crippen LogP contribution < -0.4 is 10.5 Å². The van der Waals surface area contributed by atoms with Crippen LogP contribution in [0.4, 0.5) is 0 Å². The average Bonchev–Trinajstić information content (AvgIpc) is 2.72. The fourth-order valence-electron chi connectivity index (χ4n) is 1.28. The second-order valence-corrected chi connectivity index (χ2v) is 7.19. The molecule has 0 aliphatic carbocycles. The third kappa shape index (κ3) is 3.74. The van der Waals surface area contributed by atoms with Crippen LogP contribution in [0.25, 0.3) is 0 Å². The van der Waals surface area contributed by atoms with Crippen LogP contribution in [0.2, 0.25) is 0 Å². The molecule has 1 heterocycles. The predicted octanol–water partition coefficient (Wildman–Crippen LogP) is 1.40. The molecular formula is C10H16N2O2S3. The molecule has 4 nitrogen and oxygen atoms in total. The van der Waals surface area contributed by atoms with Gasteiger partial charge in [0.15, 0.2) is 0 Å². The van der Waals surface area contributed by atoms with Crippen molar-refractivity contribution in [1.82, 2.24) is 4.72 Å². The summed E-state index contributed by atoms with van der Waals surface area (Å²) >= 11 is 6.23. The van der Waals surface area contributed by atoms with Gasteiger partial charge in [-0.3, -0.25) is 0 Å². The van der Waals surface area contributed by atoms with Crippen molar-refractivity contribution < 1.29 is 8.42 Å². The molecule has 1 unspecified atom stereocenters. The van der Waals surface area contributed by atoms with Gasteiger partial charge in [-0.15, -0.1) is 11.3 Å². The number of rotatable bonds is 6. The third-order valence-electron chi connectivity index (χ3n) is 2.52. The summed E-state index contributed by atoms with van der Waals surface area (Å²) < 4.78 is 26.1. The minimum Gasteiger partial charge on any atom is -0.392 e. The lowest BCUT2D eigenvalue weighted by atomic mass is 10.2. The standard InChI is InChI=1S/C10H16N2O2S3/c1-3-8-4-5-16-9(8)6-12-17(13,14)7(2)10(11)15/h4-5,7,12H,3,6H2,1-2H3,(H2,11,15). The molecule has 0 fully saturated rings. The lowest BCUT2D eigenvalue weighted by Gasteiger charge is -2.12. The van der Waals surface area contributed by atoms with E-state index in [9.17, 15) is 8.42 Å². The second kappa shape index (κ2) is 5.90. The molecule has 0 saturated heterocycles. The zero-order valence-corrected chi connectivity index (χ0v) is 12.2. The predicted molar refractivity (Wildman–Crippen MR) is 75.7 cm³/mol. The molecule has 0 amide bonds. The number of nitrogens with one attached hydrogen (secondary N) is 1. The van der Waals surface area contributed by atoms with Gasteiger partial charge in [0.25, 0.3) is 0 Å². The molecule has 0 aliphatic rings. The van der Waals surface area contributed by atoms with Gasteiger partial charge in [0, 0.05) is 11.4 Å². The number of nitrogens with two attached hydrogens (primary N) is 1. The Labute approximate surface area is 111 Å². The maximum atomic E-state index is 11.8. The smallest absolute Gasteiger partial charge is 0.221 e. The zero-order chi connectivity index (χ0) is 13.1. The monoisotopic (exact) mass is 292 g/mol. The van der Waals surface area contributed by atoms with E-state index in [1.165, 1.54) is 12.5 Å². The van der Waals surface area contributed by atoms with E-state index in [0.717, 1.165) is 11.3 Å². The number of thiocarbonyl (C=S) groups is 1. The van der Waals surface area contributed by atoms with Crippen LogP contribution in [0.5, 0.6) is 0 Å². The summed E-state index contributed by atoms with van der Waals surface area (Å²) in [5, 5.41) is 1.11. The summed E-state index contributed by atoms with van der Waals surface area (Å²) in [5.74, 6) is 0. The average molecular weight is 292 g/mol. The fraction of sp³-hybridized carbons (Fsp3) is 0.500. The van der Waals surface area contributed by atoms with E-state index in [-0.39, 0.29) is 4.99 Å². The van der Waals surface area contributed by atoms with E-state index in [1.807, 2.05) is 18.4 Å². The van der Waals surface area contributed by atoms with Crippen LogP contribution in [-0.2, 0) is 23.0 Å². The molecule has 1 rings (SSSR count). The third-order valence-corrected chi connectivity index (χ3v) is 5.72. The van der Waals surface area contributed by atoms with E-state index < -0.39 is 15.3 Å². The highest BCUT2D eigenvalue weighted by molar-refractivity contribution is 7.93.